The highest BCUT2D eigenvalue weighted by Crippen LogP contribution is 2.38. The molecule has 0 amide bonds. The molecule has 0 saturated carbocycles. The second kappa shape index (κ2) is 4.28. The number of piperazine rings is 1. The molecule has 2 rings (SSSR count). The molecule has 3 nitrogen and oxygen atoms in total. The van der Waals surface area contributed by atoms with Crippen LogP contribution in [0.1, 0.15) is 33.6 Å². The van der Waals surface area contributed by atoms with E-state index >= 15 is 0 Å². The van der Waals surface area contributed by atoms with Gasteiger partial charge in [-0.25, -0.2) is 0 Å². The van der Waals surface area contributed by atoms with E-state index in [0.717, 1.165) is 12.6 Å². The standard InChI is InChI=1S/C13H26N2O/c1-13(2,3)15-10-6-7-11(15)12(9-16-5)14(4)8-10/h10-12H,6-9H2,1-5H3. The molecule has 0 aromatic rings. The van der Waals surface area contributed by atoms with Crippen molar-refractivity contribution in [3.8, 4) is 0 Å². The van der Waals surface area contributed by atoms with Crippen LogP contribution in [0.15, 0.2) is 0 Å². The summed E-state index contributed by atoms with van der Waals surface area (Å²) in [6.45, 7) is 9.08. The molecule has 3 atom stereocenters. The molecule has 2 fully saturated rings. The van der Waals surface area contributed by atoms with Crippen LogP contribution in [-0.4, -0.2) is 60.8 Å². The van der Waals surface area contributed by atoms with Gasteiger partial charge in [0.25, 0.3) is 0 Å². The molecule has 16 heavy (non-hydrogen) atoms. The predicted molar refractivity (Wildman–Crippen MR) is 66.7 cm³/mol. The summed E-state index contributed by atoms with van der Waals surface area (Å²) < 4.78 is 5.39. The van der Waals surface area contributed by atoms with Gasteiger partial charge in [0, 0.05) is 37.3 Å². The molecule has 2 aliphatic rings. The summed E-state index contributed by atoms with van der Waals surface area (Å²) in [5.41, 5.74) is 0.291. The third kappa shape index (κ3) is 2.01. The molecule has 3 unspecified atom stereocenters. The fraction of sp³-hybridized carbons (Fsp3) is 1.00. The molecule has 2 saturated heterocycles. The maximum absolute atomic E-state index is 5.39. The van der Waals surface area contributed by atoms with Gasteiger partial charge < -0.3 is 4.74 Å². The van der Waals surface area contributed by atoms with Crippen LogP contribution < -0.4 is 0 Å². The highest BCUT2D eigenvalue weighted by molar-refractivity contribution is 5.04. The second-order valence-corrected chi connectivity index (χ2v) is 6.34. The Bertz CT molecular complexity index is 249. The highest BCUT2D eigenvalue weighted by atomic mass is 16.5. The third-order valence-electron chi connectivity index (χ3n) is 4.17. The molecule has 0 aromatic heterocycles. The quantitative estimate of drug-likeness (QED) is 0.711. The van der Waals surface area contributed by atoms with Crippen LogP contribution in [0.5, 0.6) is 0 Å². The van der Waals surface area contributed by atoms with Crippen molar-refractivity contribution in [1.82, 2.24) is 9.80 Å². The summed E-state index contributed by atoms with van der Waals surface area (Å²) in [4.78, 5) is 5.23. The first-order valence-corrected chi connectivity index (χ1v) is 6.42. The van der Waals surface area contributed by atoms with Gasteiger partial charge in [0.15, 0.2) is 0 Å². The summed E-state index contributed by atoms with van der Waals surface area (Å²) >= 11 is 0. The maximum atomic E-state index is 5.39. The minimum Gasteiger partial charge on any atom is -0.383 e. The molecule has 2 bridgehead atoms. The van der Waals surface area contributed by atoms with Crippen LogP contribution in [0.25, 0.3) is 0 Å². The van der Waals surface area contributed by atoms with E-state index in [0.29, 0.717) is 17.6 Å². The smallest absolute Gasteiger partial charge is 0.0633 e. The Balaban J connectivity index is 2.18. The van der Waals surface area contributed by atoms with Gasteiger partial charge in [0.1, 0.15) is 0 Å². The lowest BCUT2D eigenvalue weighted by atomic mass is 9.96. The van der Waals surface area contributed by atoms with E-state index in [1.807, 2.05) is 7.11 Å². The zero-order valence-electron chi connectivity index (χ0n) is 11.4. The van der Waals surface area contributed by atoms with Crippen molar-refractivity contribution in [1.29, 1.82) is 0 Å². The predicted octanol–water partition coefficient (Wildman–Crippen LogP) is 1.58. The van der Waals surface area contributed by atoms with Crippen molar-refractivity contribution in [3.63, 3.8) is 0 Å². The number of hydrogen-bond acceptors (Lipinski definition) is 3. The van der Waals surface area contributed by atoms with Crippen LogP contribution in [0.2, 0.25) is 0 Å². The SMILES string of the molecule is COCC1C2CCC(CN1C)N2C(C)(C)C. The lowest BCUT2D eigenvalue weighted by Gasteiger charge is -2.51. The topological polar surface area (TPSA) is 15.7 Å². The van der Waals surface area contributed by atoms with Gasteiger partial charge in [-0.05, 0) is 40.7 Å². The van der Waals surface area contributed by atoms with Crippen LogP contribution in [0.4, 0.5) is 0 Å². The Labute approximate surface area is 99.7 Å². The number of nitrogens with zero attached hydrogens (tertiary/aromatic N) is 2. The minimum absolute atomic E-state index is 0.291. The molecule has 0 aliphatic carbocycles. The Morgan fingerprint density at radius 3 is 2.50 bits per heavy atom. The molecular weight excluding hydrogens is 200 g/mol. The van der Waals surface area contributed by atoms with Gasteiger partial charge in [-0.3, -0.25) is 9.80 Å². The maximum Gasteiger partial charge on any atom is 0.0633 e. The Morgan fingerprint density at radius 2 is 1.94 bits per heavy atom. The third-order valence-corrected chi connectivity index (χ3v) is 4.17. The van der Waals surface area contributed by atoms with E-state index in [4.69, 9.17) is 4.74 Å². The molecule has 2 heterocycles. The van der Waals surface area contributed by atoms with E-state index in [-0.39, 0.29) is 0 Å². The molecule has 0 spiro atoms. The molecule has 0 radical (unpaired) electrons. The molecule has 0 aromatic carbocycles. The van der Waals surface area contributed by atoms with Gasteiger partial charge in [-0.2, -0.15) is 0 Å². The largest absolute Gasteiger partial charge is 0.383 e. The van der Waals surface area contributed by atoms with Crippen LogP contribution >= 0.6 is 0 Å². The minimum atomic E-state index is 0.291. The van der Waals surface area contributed by atoms with Gasteiger partial charge in [-0.15, -0.1) is 0 Å². The van der Waals surface area contributed by atoms with E-state index in [9.17, 15) is 0 Å². The number of likely N-dealkylation sites (tertiary alicyclic amines) is 1. The average Bonchev–Trinajstić information content (AvgIpc) is 2.50. The summed E-state index contributed by atoms with van der Waals surface area (Å²) in [6, 6.07) is 2.01. The summed E-state index contributed by atoms with van der Waals surface area (Å²) in [6.07, 6.45) is 2.69. The Hall–Kier alpha value is -0.120. The number of hydrogen-bond donors (Lipinski definition) is 0. The van der Waals surface area contributed by atoms with Crippen molar-refractivity contribution in [2.75, 3.05) is 27.3 Å². The monoisotopic (exact) mass is 226 g/mol. The fourth-order valence-corrected chi connectivity index (χ4v) is 3.68. The summed E-state index contributed by atoms with van der Waals surface area (Å²) in [5, 5.41) is 0. The lowest BCUT2D eigenvalue weighted by Crippen LogP contribution is -2.64. The van der Waals surface area contributed by atoms with E-state index < -0.39 is 0 Å². The van der Waals surface area contributed by atoms with Crippen molar-refractivity contribution in [3.05, 3.63) is 0 Å². The average molecular weight is 226 g/mol. The summed E-state index contributed by atoms with van der Waals surface area (Å²) in [5.74, 6) is 0. The number of ether oxygens (including phenoxy) is 1. The molecule has 0 N–H and O–H groups in total. The van der Waals surface area contributed by atoms with E-state index in [1.165, 1.54) is 19.4 Å². The van der Waals surface area contributed by atoms with E-state index in [2.05, 4.69) is 37.6 Å². The first kappa shape index (κ1) is 12.3. The molecular formula is C13H26N2O. The molecule has 2 aliphatic heterocycles. The highest BCUT2D eigenvalue weighted by Gasteiger charge is 2.48. The Morgan fingerprint density at radius 1 is 1.25 bits per heavy atom. The fourth-order valence-electron chi connectivity index (χ4n) is 3.68. The normalized spacial score (nSPS) is 36.9. The van der Waals surface area contributed by atoms with Gasteiger partial charge in [-0.1, -0.05) is 0 Å². The Kier molecular flexibility index (Phi) is 3.30. The van der Waals surface area contributed by atoms with Crippen molar-refractivity contribution < 1.29 is 4.74 Å². The summed E-state index contributed by atoms with van der Waals surface area (Å²) in [7, 11) is 4.06. The first-order valence-electron chi connectivity index (χ1n) is 6.42. The number of rotatable bonds is 2. The lowest BCUT2D eigenvalue weighted by molar-refractivity contribution is -0.0466. The van der Waals surface area contributed by atoms with Gasteiger partial charge >= 0.3 is 0 Å². The zero-order chi connectivity index (χ0) is 11.9. The molecule has 3 heteroatoms. The second-order valence-electron chi connectivity index (χ2n) is 6.34. The number of likely N-dealkylation sites (N-methyl/N-ethyl adjacent to an activating group) is 1. The van der Waals surface area contributed by atoms with Gasteiger partial charge in [0.2, 0.25) is 0 Å². The van der Waals surface area contributed by atoms with Gasteiger partial charge in [0.05, 0.1) is 6.61 Å². The van der Waals surface area contributed by atoms with Crippen molar-refractivity contribution in [2.24, 2.45) is 0 Å². The van der Waals surface area contributed by atoms with Crippen LogP contribution in [0, 0.1) is 0 Å². The van der Waals surface area contributed by atoms with Crippen LogP contribution in [-0.2, 0) is 4.74 Å². The number of methoxy groups -OCH3 is 1. The van der Waals surface area contributed by atoms with Crippen molar-refractivity contribution in [2.45, 2.75) is 57.3 Å². The van der Waals surface area contributed by atoms with Crippen LogP contribution in [0.3, 0.4) is 0 Å². The number of fused-ring (bicyclic) bond motifs is 2. The first-order chi connectivity index (χ1) is 7.45. The van der Waals surface area contributed by atoms with Crippen molar-refractivity contribution >= 4 is 0 Å². The molecule has 94 valence electrons. The zero-order valence-corrected chi connectivity index (χ0v) is 11.4. The van der Waals surface area contributed by atoms with E-state index in [1.54, 1.807) is 0 Å².